The number of anilines is 1. The summed E-state index contributed by atoms with van der Waals surface area (Å²) in [6.45, 7) is 7.83. The topological polar surface area (TPSA) is 72.0 Å². The molecule has 0 aliphatic rings. The number of nitrogens with zero attached hydrogens (tertiary/aromatic N) is 1. The van der Waals surface area contributed by atoms with Gasteiger partial charge in [-0.2, -0.15) is 0 Å². The van der Waals surface area contributed by atoms with Gasteiger partial charge in [0.15, 0.2) is 0 Å². The predicted octanol–water partition coefficient (Wildman–Crippen LogP) is 3.01. The molecule has 1 amide bonds. The lowest BCUT2D eigenvalue weighted by Crippen LogP contribution is -2.40. The molecule has 0 aliphatic carbocycles. The van der Waals surface area contributed by atoms with E-state index in [2.05, 4.69) is 15.6 Å². The molecule has 0 saturated carbocycles. The Bertz CT molecular complexity index is 490. The first-order chi connectivity index (χ1) is 9.84. The lowest BCUT2D eigenvalue weighted by atomic mass is 10.2. The van der Waals surface area contributed by atoms with Crippen LogP contribution in [0.25, 0.3) is 0 Å². The Hall–Kier alpha value is -2.24. The molecule has 0 unspecified atom stereocenters. The van der Waals surface area contributed by atoms with Crippen molar-refractivity contribution in [3.8, 4) is 5.75 Å². The van der Waals surface area contributed by atoms with Crippen molar-refractivity contribution >= 4 is 17.7 Å². The quantitative estimate of drug-likeness (QED) is 0.664. The number of carbonyl (C=O) groups excluding carboxylic acids is 1. The summed E-state index contributed by atoms with van der Waals surface area (Å²) < 4.78 is 10.3. The average molecular weight is 293 g/mol. The number of alkyl carbamates (subject to hydrolysis) is 1. The van der Waals surface area contributed by atoms with Crippen LogP contribution in [0.5, 0.6) is 5.75 Å². The molecule has 2 N–H and O–H groups in total. The first-order valence-electron chi connectivity index (χ1n) is 6.79. The van der Waals surface area contributed by atoms with Crippen LogP contribution in [0, 0.1) is 0 Å². The monoisotopic (exact) mass is 293 g/mol. The molecule has 0 aromatic heterocycles. The van der Waals surface area contributed by atoms with Gasteiger partial charge < -0.3 is 14.8 Å². The van der Waals surface area contributed by atoms with E-state index in [9.17, 15) is 4.79 Å². The lowest BCUT2D eigenvalue weighted by Gasteiger charge is -2.20. The first-order valence-corrected chi connectivity index (χ1v) is 6.79. The van der Waals surface area contributed by atoms with Crippen molar-refractivity contribution in [3.63, 3.8) is 0 Å². The summed E-state index contributed by atoms with van der Waals surface area (Å²) in [5.41, 5.74) is 0.237. The Morgan fingerprint density at radius 3 is 2.33 bits per heavy atom. The number of carbonyl (C=O) groups is 1. The molecule has 21 heavy (non-hydrogen) atoms. The van der Waals surface area contributed by atoms with Crippen LogP contribution in [0.2, 0.25) is 0 Å². The van der Waals surface area contributed by atoms with E-state index in [4.69, 9.17) is 9.47 Å². The fourth-order valence-electron chi connectivity index (χ4n) is 1.48. The molecule has 1 rings (SSSR count). The van der Waals surface area contributed by atoms with E-state index in [-0.39, 0.29) is 0 Å². The fourth-order valence-corrected chi connectivity index (χ4v) is 1.48. The number of guanidine groups is 1. The zero-order valence-electron chi connectivity index (χ0n) is 13.2. The molecule has 0 atom stereocenters. The number of nitrogens with one attached hydrogen (secondary N) is 2. The molecule has 6 nitrogen and oxygen atoms in total. The third-order valence-corrected chi connectivity index (χ3v) is 2.29. The number of aliphatic imine (C=N–C) groups is 1. The summed E-state index contributed by atoms with van der Waals surface area (Å²) in [6, 6.07) is 7.31. The Morgan fingerprint density at radius 1 is 1.24 bits per heavy atom. The zero-order chi connectivity index (χ0) is 15.9. The van der Waals surface area contributed by atoms with Crippen molar-refractivity contribution in [3.05, 3.63) is 24.3 Å². The van der Waals surface area contributed by atoms with Crippen molar-refractivity contribution in [1.82, 2.24) is 5.32 Å². The third-order valence-electron chi connectivity index (χ3n) is 2.29. The zero-order valence-corrected chi connectivity index (χ0v) is 13.2. The molecule has 0 aliphatic heterocycles. The van der Waals surface area contributed by atoms with Crippen LogP contribution in [-0.2, 0) is 4.74 Å². The maximum absolute atomic E-state index is 11.8. The highest BCUT2D eigenvalue weighted by Crippen LogP contribution is 2.15. The Labute approximate surface area is 125 Å². The predicted molar refractivity (Wildman–Crippen MR) is 84.0 cm³/mol. The normalized spacial score (nSPS) is 11.8. The van der Waals surface area contributed by atoms with Crippen LogP contribution < -0.4 is 15.4 Å². The number of rotatable bonds is 3. The highest BCUT2D eigenvalue weighted by atomic mass is 16.6. The van der Waals surface area contributed by atoms with Crippen molar-refractivity contribution in [2.45, 2.75) is 33.3 Å². The summed E-state index contributed by atoms with van der Waals surface area (Å²) in [7, 11) is 1.61. The van der Waals surface area contributed by atoms with Crippen LogP contribution in [0.15, 0.2) is 29.3 Å². The molecule has 0 spiro atoms. The van der Waals surface area contributed by atoms with Gasteiger partial charge in [0.2, 0.25) is 5.96 Å². The van der Waals surface area contributed by atoms with Gasteiger partial charge in [-0.1, -0.05) is 0 Å². The van der Waals surface area contributed by atoms with Gasteiger partial charge >= 0.3 is 6.09 Å². The smallest absolute Gasteiger partial charge is 0.414 e. The van der Waals surface area contributed by atoms with Crippen LogP contribution in [0.4, 0.5) is 10.5 Å². The molecule has 6 heteroatoms. The molecule has 1 aromatic carbocycles. The summed E-state index contributed by atoms with van der Waals surface area (Å²) >= 11 is 0. The van der Waals surface area contributed by atoms with Gasteiger partial charge in [-0.3, -0.25) is 10.3 Å². The van der Waals surface area contributed by atoms with E-state index in [1.54, 1.807) is 27.9 Å². The molecule has 0 radical (unpaired) electrons. The molecular formula is C15H23N3O3. The second kappa shape index (κ2) is 7.52. The standard InChI is InChI=1S/C15H23N3O3/c1-6-16-13(18-14(19)21-15(2,3)4)17-11-7-9-12(20-5)10-8-11/h7-10H,6H2,1-5H3,(H2,16,17,18,19). The number of amides is 1. The number of hydrogen-bond acceptors (Lipinski definition) is 4. The number of ether oxygens (including phenoxy) is 2. The molecular weight excluding hydrogens is 270 g/mol. The van der Waals surface area contributed by atoms with Gasteiger partial charge in [0.05, 0.1) is 7.11 Å². The molecule has 116 valence electrons. The van der Waals surface area contributed by atoms with Gasteiger partial charge in [0, 0.05) is 12.2 Å². The van der Waals surface area contributed by atoms with Gasteiger partial charge in [-0.05, 0) is 52.0 Å². The maximum atomic E-state index is 11.8. The number of methoxy groups -OCH3 is 1. The molecule has 0 bridgehead atoms. The number of hydrogen-bond donors (Lipinski definition) is 2. The van der Waals surface area contributed by atoms with Gasteiger partial charge in [0.25, 0.3) is 0 Å². The van der Waals surface area contributed by atoms with Crippen molar-refractivity contribution in [2.24, 2.45) is 4.99 Å². The van der Waals surface area contributed by atoms with Crippen LogP contribution in [-0.4, -0.2) is 31.3 Å². The molecule has 1 aromatic rings. The van der Waals surface area contributed by atoms with E-state index in [1.165, 1.54) is 0 Å². The number of benzene rings is 1. The Balaban J connectivity index is 2.69. The fraction of sp³-hybridized carbons (Fsp3) is 0.467. The van der Waals surface area contributed by atoms with Crippen molar-refractivity contribution in [1.29, 1.82) is 0 Å². The molecule has 0 saturated heterocycles. The summed E-state index contributed by atoms with van der Waals surface area (Å²) in [6.07, 6.45) is -0.546. The Kier molecular flexibility index (Phi) is 6.02. The maximum Gasteiger partial charge on any atom is 0.414 e. The molecule has 0 fully saturated rings. The van der Waals surface area contributed by atoms with E-state index < -0.39 is 11.7 Å². The minimum atomic E-state index is -0.554. The highest BCUT2D eigenvalue weighted by molar-refractivity contribution is 6.02. The summed E-state index contributed by atoms with van der Waals surface area (Å²) in [5, 5.41) is 5.63. The van der Waals surface area contributed by atoms with Crippen molar-refractivity contribution in [2.75, 3.05) is 19.0 Å². The van der Waals surface area contributed by atoms with E-state index in [0.29, 0.717) is 12.5 Å². The second-order valence-corrected chi connectivity index (χ2v) is 5.30. The van der Waals surface area contributed by atoms with E-state index in [1.807, 2.05) is 31.2 Å². The lowest BCUT2D eigenvalue weighted by molar-refractivity contribution is 0.0563. The minimum absolute atomic E-state index is 0.344. The second-order valence-electron chi connectivity index (χ2n) is 5.30. The third kappa shape index (κ3) is 6.65. The van der Waals surface area contributed by atoms with Crippen molar-refractivity contribution < 1.29 is 14.3 Å². The summed E-state index contributed by atoms with van der Waals surface area (Å²) in [5.74, 6) is 1.10. The van der Waals surface area contributed by atoms with Gasteiger partial charge in [-0.25, -0.2) is 4.79 Å². The van der Waals surface area contributed by atoms with Crippen LogP contribution >= 0.6 is 0 Å². The van der Waals surface area contributed by atoms with Gasteiger partial charge in [0.1, 0.15) is 11.4 Å². The van der Waals surface area contributed by atoms with Gasteiger partial charge in [-0.15, -0.1) is 0 Å². The highest BCUT2D eigenvalue weighted by Gasteiger charge is 2.17. The SMILES string of the molecule is CCN=C(NC(=O)OC(C)(C)C)Nc1ccc(OC)cc1. The Morgan fingerprint density at radius 2 is 1.86 bits per heavy atom. The largest absolute Gasteiger partial charge is 0.497 e. The van der Waals surface area contributed by atoms with Crippen LogP contribution in [0.1, 0.15) is 27.7 Å². The van der Waals surface area contributed by atoms with E-state index >= 15 is 0 Å². The molecule has 0 heterocycles. The first kappa shape index (κ1) is 16.8. The van der Waals surface area contributed by atoms with Crippen LogP contribution in [0.3, 0.4) is 0 Å². The summed E-state index contributed by atoms with van der Waals surface area (Å²) in [4.78, 5) is 16.0. The van der Waals surface area contributed by atoms with E-state index in [0.717, 1.165) is 11.4 Å². The average Bonchev–Trinajstić information content (AvgIpc) is 2.37. The minimum Gasteiger partial charge on any atom is -0.497 e.